The van der Waals surface area contributed by atoms with Crippen LogP contribution in [0.1, 0.15) is 41.0 Å². The molecule has 0 amide bonds. The molecule has 0 aromatic heterocycles. The molecule has 142 valence electrons. The van der Waals surface area contributed by atoms with Crippen molar-refractivity contribution in [3.8, 4) is 0 Å². The molecule has 0 bridgehead atoms. The van der Waals surface area contributed by atoms with Crippen molar-refractivity contribution in [2.75, 3.05) is 11.1 Å². The lowest BCUT2D eigenvalue weighted by atomic mass is 10.1. The van der Waals surface area contributed by atoms with Crippen molar-refractivity contribution >= 4 is 40.3 Å². The topological polar surface area (TPSA) is 98.5 Å². The quantitative estimate of drug-likeness (QED) is 0.861. The Labute approximate surface area is 166 Å². The molecule has 0 saturated heterocycles. The van der Waals surface area contributed by atoms with Crippen LogP contribution in [0.4, 0.5) is 5.69 Å². The summed E-state index contributed by atoms with van der Waals surface area (Å²) < 4.78 is 5.93. The molecule has 1 atom stereocenters. The van der Waals surface area contributed by atoms with Gasteiger partial charge < -0.3 is 20.0 Å². The van der Waals surface area contributed by atoms with Crippen LogP contribution in [0, 0.1) is 0 Å². The summed E-state index contributed by atoms with van der Waals surface area (Å²) in [5.41, 5.74) is 3.17. The fourth-order valence-electron chi connectivity index (χ4n) is 2.86. The Morgan fingerprint density at radius 2 is 1.96 bits per heavy atom. The normalized spacial score (nSPS) is 17.6. The van der Waals surface area contributed by atoms with Gasteiger partial charge in [-0.1, -0.05) is 61.2 Å². The summed E-state index contributed by atoms with van der Waals surface area (Å²) in [6, 6.07) is 14.1. The van der Waals surface area contributed by atoms with Gasteiger partial charge in [0.15, 0.2) is 5.71 Å². The lowest BCUT2D eigenvalue weighted by Crippen LogP contribution is -2.25. The van der Waals surface area contributed by atoms with E-state index in [1.54, 1.807) is 12.1 Å². The summed E-state index contributed by atoms with van der Waals surface area (Å²) in [5.74, 6) is 0.0517. The van der Waals surface area contributed by atoms with Crippen molar-refractivity contribution in [2.24, 2.45) is 15.2 Å². The Bertz CT molecular complexity index is 999. The number of carbonyl (C=O) groups is 1. The number of hydrogen-bond donors (Lipinski definition) is 1. The second-order valence-electron chi connectivity index (χ2n) is 6.20. The summed E-state index contributed by atoms with van der Waals surface area (Å²) in [6.07, 6.45) is 0.531. The van der Waals surface area contributed by atoms with Crippen LogP contribution in [0.15, 0.2) is 63.7 Å². The first kappa shape index (κ1) is 18.2. The van der Waals surface area contributed by atoms with Crippen LogP contribution in [0.5, 0.6) is 0 Å². The number of nitrogens with one attached hydrogen (secondary N) is 1. The maximum Gasteiger partial charge on any atom is 0.276 e. The van der Waals surface area contributed by atoms with Gasteiger partial charge in [0, 0.05) is 17.0 Å². The number of anilines is 1. The maximum absolute atomic E-state index is 11.0. The minimum atomic E-state index is -1.21. The van der Waals surface area contributed by atoms with Crippen molar-refractivity contribution < 1.29 is 14.6 Å². The van der Waals surface area contributed by atoms with Crippen molar-refractivity contribution in [2.45, 2.75) is 19.5 Å². The number of carboxylic acid groups (broad SMARTS) is 1. The molecule has 2 aliphatic rings. The number of carboxylic acids is 1. The van der Waals surface area contributed by atoms with Crippen LogP contribution < -0.4 is 10.4 Å². The molecule has 0 saturated carbocycles. The molecule has 28 heavy (non-hydrogen) atoms. The summed E-state index contributed by atoms with van der Waals surface area (Å²) in [7, 11) is 0. The molecule has 2 aliphatic heterocycles. The van der Waals surface area contributed by atoms with Crippen LogP contribution in [0.2, 0.25) is 0 Å². The molecule has 0 radical (unpaired) electrons. The Hall–Kier alpha value is -3.13. The smallest absolute Gasteiger partial charge is 0.276 e. The molecule has 1 N–H and O–H groups in total. The van der Waals surface area contributed by atoms with E-state index in [1.165, 1.54) is 23.9 Å². The van der Waals surface area contributed by atoms with Crippen molar-refractivity contribution in [1.29, 1.82) is 0 Å². The number of carbonyl (C=O) groups excluding carboxylic acids is 1. The standard InChI is InChI=1S/C20H18N4O3S/c1-2-11-28-20-24-23-16-14-5-3-4-6-15(14)21-17(22-18(16)27-20)12-7-9-13(10-8-12)19(25)26/h3-10,17,21H,2,11H2,1H3,(H,25,26)/p-1. The van der Waals surface area contributed by atoms with E-state index >= 15 is 0 Å². The summed E-state index contributed by atoms with van der Waals surface area (Å²) in [4.78, 5) is 15.7. The maximum atomic E-state index is 11.0. The van der Waals surface area contributed by atoms with Crippen molar-refractivity contribution in [3.05, 3.63) is 65.2 Å². The first-order valence-electron chi connectivity index (χ1n) is 8.87. The molecule has 2 aromatic rings. The highest BCUT2D eigenvalue weighted by Gasteiger charge is 2.28. The Morgan fingerprint density at radius 3 is 2.71 bits per heavy atom. The van der Waals surface area contributed by atoms with Gasteiger partial charge in [0.2, 0.25) is 5.90 Å². The summed E-state index contributed by atoms with van der Waals surface area (Å²) in [6.45, 7) is 2.08. The third kappa shape index (κ3) is 3.63. The monoisotopic (exact) mass is 393 g/mol. The van der Waals surface area contributed by atoms with E-state index in [0.29, 0.717) is 16.8 Å². The van der Waals surface area contributed by atoms with Crippen molar-refractivity contribution in [3.63, 3.8) is 0 Å². The summed E-state index contributed by atoms with van der Waals surface area (Å²) >= 11 is 1.49. The van der Waals surface area contributed by atoms with E-state index in [2.05, 4.69) is 22.4 Å². The van der Waals surface area contributed by atoms with Gasteiger partial charge in [0.1, 0.15) is 6.17 Å². The van der Waals surface area contributed by atoms with E-state index in [-0.39, 0.29) is 5.56 Å². The van der Waals surface area contributed by atoms with E-state index < -0.39 is 12.1 Å². The largest absolute Gasteiger partial charge is 0.545 e. The molecule has 2 aromatic carbocycles. The average Bonchev–Trinajstić information content (AvgIpc) is 2.88. The highest BCUT2D eigenvalue weighted by atomic mass is 32.2. The van der Waals surface area contributed by atoms with E-state index in [1.807, 2.05) is 24.3 Å². The van der Waals surface area contributed by atoms with Gasteiger partial charge in [-0.05, 0) is 23.6 Å². The summed E-state index contributed by atoms with van der Waals surface area (Å²) in [5, 5.41) is 23.4. The van der Waals surface area contributed by atoms with Crippen LogP contribution in [0.3, 0.4) is 0 Å². The first-order chi connectivity index (χ1) is 13.7. The number of benzene rings is 2. The number of aliphatic imine (C=N–C) groups is 1. The van der Waals surface area contributed by atoms with Crippen LogP contribution in [0.25, 0.3) is 0 Å². The van der Waals surface area contributed by atoms with Crippen molar-refractivity contribution in [1.82, 2.24) is 0 Å². The number of thioether (sulfide) groups is 1. The van der Waals surface area contributed by atoms with Crippen LogP contribution in [-0.4, -0.2) is 28.6 Å². The molecule has 0 spiro atoms. The molecule has 0 aliphatic carbocycles. The molecule has 2 heterocycles. The Balaban J connectivity index is 1.74. The Morgan fingerprint density at radius 1 is 1.18 bits per heavy atom. The van der Waals surface area contributed by atoms with Crippen LogP contribution >= 0.6 is 11.8 Å². The number of para-hydroxylation sites is 1. The fourth-order valence-corrected chi connectivity index (χ4v) is 3.48. The number of rotatable bonds is 4. The zero-order valence-electron chi connectivity index (χ0n) is 15.1. The molecule has 8 heteroatoms. The molecular formula is C20H17N4O3S-. The fraction of sp³-hybridized carbons (Fsp3) is 0.200. The number of ether oxygens (including phenoxy) is 1. The second kappa shape index (κ2) is 7.85. The van der Waals surface area contributed by atoms with Gasteiger partial charge in [-0.2, -0.15) is 0 Å². The predicted molar refractivity (Wildman–Crippen MR) is 109 cm³/mol. The number of hydrogen-bond acceptors (Lipinski definition) is 8. The lowest BCUT2D eigenvalue weighted by molar-refractivity contribution is -0.255. The molecule has 4 rings (SSSR count). The SMILES string of the molecule is CCCSC1=NN=C2C(=NC(c3ccc(C(=O)[O-])cc3)Nc3ccccc32)O1. The zero-order valence-corrected chi connectivity index (χ0v) is 15.9. The molecule has 7 nitrogen and oxygen atoms in total. The zero-order chi connectivity index (χ0) is 19.5. The lowest BCUT2D eigenvalue weighted by Gasteiger charge is -2.16. The predicted octanol–water partition coefficient (Wildman–Crippen LogP) is 2.81. The van der Waals surface area contributed by atoms with Gasteiger partial charge in [-0.25, -0.2) is 4.99 Å². The third-order valence-electron chi connectivity index (χ3n) is 4.23. The minimum Gasteiger partial charge on any atom is -0.545 e. The first-order valence-corrected chi connectivity index (χ1v) is 9.86. The van der Waals surface area contributed by atoms with E-state index in [4.69, 9.17) is 9.73 Å². The molecule has 1 unspecified atom stereocenters. The van der Waals surface area contributed by atoms with Gasteiger partial charge in [0.25, 0.3) is 5.23 Å². The molecule has 0 fully saturated rings. The van der Waals surface area contributed by atoms with E-state index in [0.717, 1.165) is 29.0 Å². The highest BCUT2D eigenvalue weighted by Crippen LogP contribution is 2.30. The number of aromatic carboxylic acids is 1. The minimum absolute atomic E-state index is 0.118. The number of nitrogens with zero attached hydrogens (tertiary/aromatic N) is 3. The van der Waals surface area contributed by atoms with Gasteiger partial charge in [-0.3, -0.25) is 0 Å². The average molecular weight is 393 g/mol. The van der Waals surface area contributed by atoms with Gasteiger partial charge >= 0.3 is 0 Å². The highest BCUT2D eigenvalue weighted by molar-refractivity contribution is 8.13. The third-order valence-corrected chi connectivity index (χ3v) is 5.26. The van der Waals surface area contributed by atoms with Gasteiger partial charge in [0.05, 0.1) is 5.97 Å². The Kier molecular flexibility index (Phi) is 5.12. The molecular weight excluding hydrogens is 376 g/mol. The van der Waals surface area contributed by atoms with Crippen LogP contribution in [-0.2, 0) is 4.74 Å². The van der Waals surface area contributed by atoms with Gasteiger partial charge in [-0.15, -0.1) is 10.2 Å². The number of fused-ring (bicyclic) bond motifs is 3. The second-order valence-corrected chi connectivity index (χ2v) is 7.25. The van der Waals surface area contributed by atoms with E-state index in [9.17, 15) is 9.90 Å².